The zero-order chi connectivity index (χ0) is 13.7. The van der Waals surface area contributed by atoms with E-state index in [1.807, 2.05) is 12.3 Å². The molecular weight excluding hydrogens is 290 g/mol. The topological polar surface area (TPSA) is 30.7 Å². The van der Waals surface area contributed by atoms with Crippen LogP contribution in [0.4, 0.5) is 0 Å². The third-order valence-corrected chi connectivity index (χ3v) is 4.75. The normalized spacial score (nSPS) is 11.5. The van der Waals surface area contributed by atoms with Crippen LogP contribution < -0.4 is 0 Å². The van der Waals surface area contributed by atoms with Crippen molar-refractivity contribution in [2.75, 3.05) is 0 Å². The van der Waals surface area contributed by atoms with Gasteiger partial charge in [-0.25, -0.2) is 9.97 Å². The van der Waals surface area contributed by atoms with E-state index in [0.717, 1.165) is 25.7 Å². The summed E-state index contributed by atoms with van der Waals surface area (Å²) in [5.41, 5.74) is 3.31. The standard InChI is InChI=1S/C15H10ClN3S/c1-19-5-4-9-11-7-17-8-18-12(11)6-10(15(9)19)13-2-3-14(16)20-13/h2-8H,1H3. The van der Waals surface area contributed by atoms with Gasteiger partial charge in [0.25, 0.3) is 0 Å². The molecule has 0 saturated heterocycles. The average Bonchev–Trinajstić information content (AvgIpc) is 3.05. The molecule has 0 radical (unpaired) electrons. The molecule has 0 atom stereocenters. The fraction of sp³-hybridized carbons (Fsp3) is 0.0667. The molecule has 0 fully saturated rings. The van der Waals surface area contributed by atoms with Gasteiger partial charge in [0.15, 0.2) is 0 Å². The van der Waals surface area contributed by atoms with Crippen LogP contribution in [0.3, 0.4) is 0 Å². The molecular formula is C15H10ClN3S. The third-order valence-electron chi connectivity index (χ3n) is 3.48. The molecule has 4 rings (SSSR count). The lowest BCUT2D eigenvalue weighted by Crippen LogP contribution is -1.90. The maximum Gasteiger partial charge on any atom is 0.116 e. The summed E-state index contributed by atoms with van der Waals surface area (Å²) in [5, 5.41) is 2.25. The third kappa shape index (κ3) is 1.65. The van der Waals surface area contributed by atoms with Crippen molar-refractivity contribution in [3.05, 3.63) is 47.3 Å². The molecule has 0 bridgehead atoms. The number of aromatic nitrogens is 3. The van der Waals surface area contributed by atoms with E-state index < -0.39 is 0 Å². The van der Waals surface area contributed by atoms with Gasteiger partial charge in [0.1, 0.15) is 6.33 Å². The molecule has 0 saturated carbocycles. The van der Waals surface area contributed by atoms with Crippen molar-refractivity contribution in [2.45, 2.75) is 0 Å². The Morgan fingerprint density at radius 2 is 2.10 bits per heavy atom. The SMILES string of the molecule is Cn1ccc2c3cncnc3cc(-c3ccc(Cl)s3)c21. The van der Waals surface area contributed by atoms with Gasteiger partial charge in [-0.15, -0.1) is 11.3 Å². The number of benzene rings is 1. The van der Waals surface area contributed by atoms with Crippen LogP contribution in [-0.2, 0) is 7.05 Å². The second-order valence-electron chi connectivity index (χ2n) is 4.67. The smallest absolute Gasteiger partial charge is 0.116 e. The maximum absolute atomic E-state index is 6.08. The Kier molecular flexibility index (Phi) is 2.55. The average molecular weight is 300 g/mol. The minimum atomic E-state index is 0.796. The number of nitrogens with zero attached hydrogens (tertiary/aromatic N) is 3. The van der Waals surface area contributed by atoms with E-state index in [-0.39, 0.29) is 0 Å². The Morgan fingerprint density at radius 1 is 1.20 bits per heavy atom. The van der Waals surface area contributed by atoms with E-state index in [4.69, 9.17) is 11.6 Å². The highest BCUT2D eigenvalue weighted by molar-refractivity contribution is 7.19. The molecule has 98 valence electrons. The molecule has 0 N–H and O–H groups in total. The fourth-order valence-corrected chi connectivity index (χ4v) is 3.66. The molecule has 0 unspecified atom stereocenters. The first-order chi connectivity index (χ1) is 9.74. The molecule has 0 amide bonds. The molecule has 5 heteroatoms. The summed E-state index contributed by atoms with van der Waals surface area (Å²) >= 11 is 7.66. The summed E-state index contributed by atoms with van der Waals surface area (Å²) in [5.74, 6) is 0. The highest BCUT2D eigenvalue weighted by Crippen LogP contribution is 2.38. The van der Waals surface area contributed by atoms with Gasteiger partial charge < -0.3 is 4.57 Å². The van der Waals surface area contributed by atoms with Crippen molar-refractivity contribution in [1.82, 2.24) is 14.5 Å². The minimum Gasteiger partial charge on any atom is -0.350 e. The van der Waals surface area contributed by atoms with Crippen molar-refractivity contribution in [3.63, 3.8) is 0 Å². The van der Waals surface area contributed by atoms with Crippen LogP contribution >= 0.6 is 22.9 Å². The molecule has 0 aliphatic carbocycles. The maximum atomic E-state index is 6.08. The van der Waals surface area contributed by atoms with Crippen LogP contribution in [0, 0.1) is 0 Å². The van der Waals surface area contributed by atoms with E-state index in [1.165, 1.54) is 10.9 Å². The van der Waals surface area contributed by atoms with E-state index in [2.05, 4.69) is 46.0 Å². The van der Waals surface area contributed by atoms with E-state index in [9.17, 15) is 0 Å². The highest BCUT2D eigenvalue weighted by atomic mass is 35.5. The Morgan fingerprint density at radius 3 is 2.90 bits per heavy atom. The van der Waals surface area contributed by atoms with E-state index in [1.54, 1.807) is 17.7 Å². The van der Waals surface area contributed by atoms with Crippen molar-refractivity contribution in [2.24, 2.45) is 7.05 Å². The summed E-state index contributed by atoms with van der Waals surface area (Å²) in [6.45, 7) is 0. The van der Waals surface area contributed by atoms with E-state index in [0.29, 0.717) is 0 Å². The molecule has 4 aromatic rings. The molecule has 3 heterocycles. The Labute approximate surface area is 124 Å². The number of thiophene rings is 1. The first kappa shape index (κ1) is 11.9. The number of fused-ring (bicyclic) bond motifs is 3. The van der Waals surface area contributed by atoms with Gasteiger partial charge in [0.05, 0.1) is 15.4 Å². The van der Waals surface area contributed by atoms with Gasteiger partial charge in [-0.3, -0.25) is 0 Å². The Bertz CT molecular complexity index is 939. The number of hydrogen-bond acceptors (Lipinski definition) is 3. The molecule has 0 aliphatic rings. The predicted molar refractivity (Wildman–Crippen MR) is 84.3 cm³/mol. The number of hydrogen-bond donors (Lipinski definition) is 0. The second kappa shape index (κ2) is 4.30. The van der Waals surface area contributed by atoms with Gasteiger partial charge in [0.2, 0.25) is 0 Å². The zero-order valence-electron chi connectivity index (χ0n) is 10.7. The second-order valence-corrected chi connectivity index (χ2v) is 6.39. The van der Waals surface area contributed by atoms with E-state index >= 15 is 0 Å². The highest BCUT2D eigenvalue weighted by Gasteiger charge is 2.13. The van der Waals surface area contributed by atoms with Gasteiger partial charge in [-0.2, -0.15) is 0 Å². The fourth-order valence-electron chi connectivity index (χ4n) is 2.60. The number of rotatable bonds is 1. The number of halogens is 1. The molecule has 1 aromatic carbocycles. The van der Waals surface area contributed by atoms with Crippen LogP contribution in [0.15, 0.2) is 43.0 Å². The van der Waals surface area contributed by atoms with Crippen LogP contribution in [0.5, 0.6) is 0 Å². The molecule has 3 nitrogen and oxygen atoms in total. The first-order valence-corrected chi connectivity index (χ1v) is 7.37. The van der Waals surface area contributed by atoms with Crippen molar-refractivity contribution >= 4 is 44.7 Å². The molecule has 20 heavy (non-hydrogen) atoms. The lowest BCUT2D eigenvalue weighted by Gasteiger charge is -2.07. The van der Waals surface area contributed by atoms with Crippen molar-refractivity contribution < 1.29 is 0 Å². The largest absolute Gasteiger partial charge is 0.350 e. The Hall–Kier alpha value is -1.91. The lowest BCUT2D eigenvalue weighted by molar-refractivity contribution is 0.970. The summed E-state index contributed by atoms with van der Waals surface area (Å²) in [6, 6.07) is 8.21. The number of aryl methyl sites for hydroxylation is 1. The minimum absolute atomic E-state index is 0.796. The Balaban J connectivity index is 2.19. The van der Waals surface area contributed by atoms with Crippen LogP contribution in [0.1, 0.15) is 0 Å². The first-order valence-electron chi connectivity index (χ1n) is 6.17. The predicted octanol–water partition coefficient (Wildman–Crippen LogP) is 4.50. The van der Waals surface area contributed by atoms with Crippen molar-refractivity contribution in [1.29, 1.82) is 0 Å². The van der Waals surface area contributed by atoms with Crippen LogP contribution in [-0.4, -0.2) is 14.5 Å². The van der Waals surface area contributed by atoms with Gasteiger partial charge in [0, 0.05) is 40.7 Å². The summed E-state index contributed by atoms with van der Waals surface area (Å²) in [6.07, 6.45) is 5.52. The monoisotopic (exact) mass is 299 g/mol. The van der Waals surface area contributed by atoms with Crippen molar-refractivity contribution in [3.8, 4) is 10.4 Å². The lowest BCUT2D eigenvalue weighted by atomic mass is 10.1. The van der Waals surface area contributed by atoms with Crippen LogP contribution in [0.2, 0.25) is 4.34 Å². The molecule has 0 spiro atoms. The molecule has 3 aromatic heterocycles. The molecule has 0 aliphatic heterocycles. The zero-order valence-corrected chi connectivity index (χ0v) is 12.2. The summed E-state index contributed by atoms with van der Waals surface area (Å²) < 4.78 is 2.93. The summed E-state index contributed by atoms with van der Waals surface area (Å²) in [4.78, 5) is 9.68. The van der Waals surface area contributed by atoms with Gasteiger partial charge in [-0.1, -0.05) is 11.6 Å². The van der Waals surface area contributed by atoms with Crippen LogP contribution in [0.25, 0.3) is 32.2 Å². The summed E-state index contributed by atoms with van der Waals surface area (Å²) in [7, 11) is 2.05. The van der Waals surface area contributed by atoms with Gasteiger partial charge in [-0.05, 0) is 24.3 Å². The van der Waals surface area contributed by atoms with Gasteiger partial charge >= 0.3 is 0 Å². The quantitative estimate of drug-likeness (QED) is 0.518.